The van der Waals surface area contributed by atoms with E-state index in [2.05, 4.69) is 62.6 Å². The number of aromatic nitrogens is 4. The Labute approximate surface area is 320 Å². The Hall–Kier alpha value is -4.55. The van der Waals surface area contributed by atoms with Gasteiger partial charge in [0, 0.05) is 29.8 Å². The molecule has 278 valence electrons. The molecule has 4 bridgehead atoms. The molecule has 0 unspecified atom stereocenters. The van der Waals surface area contributed by atoms with Crippen molar-refractivity contribution in [2.45, 2.75) is 87.3 Å². The van der Waals surface area contributed by atoms with Crippen molar-refractivity contribution in [1.29, 1.82) is 0 Å². The third kappa shape index (κ3) is 7.55. The van der Waals surface area contributed by atoms with Crippen molar-refractivity contribution in [3.8, 4) is 16.8 Å². The lowest BCUT2D eigenvalue weighted by molar-refractivity contribution is -0.245. The highest BCUT2D eigenvalue weighted by molar-refractivity contribution is 7.99. The highest BCUT2D eigenvalue weighted by Crippen LogP contribution is 2.55. The molecular weight excluding hydrogens is 697 g/mol. The van der Waals surface area contributed by atoms with Crippen molar-refractivity contribution < 1.29 is 19.4 Å². The molecule has 0 spiro atoms. The van der Waals surface area contributed by atoms with E-state index in [-0.39, 0.29) is 30.4 Å². The van der Waals surface area contributed by atoms with Crippen molar-refractivity contribution in [3.63, 3.8) is 0 Å². The summed E-state index contributed by atoms with van der Waals surface area (Å²) in [7, 11) is 0. The largest absolute Gasteiger partial charge is 0.392 e. The SMILES string of the molecule is O=C(NCc1ccccc1-c1ccc([C@@H]2O[C@H](CSc3nnnn3-c3ccccc3)C[C@H](c3ccc(CO)cc3)O2)cc1)NC12CC3CC(CC(C3)C1)C2. The Kier molecular flexibility index (Phi) is 9.96. The van der Waals surface area contributed by atoms with Crippen LogP contribution in [-0.2, 0) is 22.6 Å². The number of carbonyl (C=O) groups is 1. The number of carbonyl (C=O) groups excluding carboxylic acids is 1. The third-order valence-corrected chi connectivity index (χ3v) is 12.9. The molecule has 10 rings (SSSR count). The molecule has 5 aromatic rings. The van der Waals surface area contributed by atoms with Gasteiger partial charge in [0.05, 0.1) is 24.5 Å². The first kappa shape index (κ1) is 35.2. The number of rotatable bonds is 11. The van der Waals surface area contributed by atoms with Gasteiger partial charge in [-0.1, -0.05) is 103 Å². The normalized spacial score (nSPS) is 27.1. The zero-order valence-corrected chi connectivity index (χ0v) is 31.0. The number of nitrogens with zero attached hydrogens (tertiary/aromatic N) is 4. The maximum Gasteiger partial charge on any atom is 0.315 e. The molecule has 3 atom stereocenters. The van der Waals surface area contributed by atoms with Gasteiger partial charge in [-0.2, -0.15) is 4.68 Å². The second-order valence-electron chi connectivity index (χ2n) is 15.7. The fourth-order valence-corrected chi connectivity index (χ4v) is 10.6. The number of para-hydroxylation sites is 1. The predicted molar refractivity (Wildman–Crippen MR) is 206 cm³/mol. The molecule has 1 saturated heterocycles. The lowest BCUT2D eigenvalue weighted by Crippen LogP contribution is -2.61. The highest BCUT2D eigenvalue weighted by Gasteiger charge is 2.51. The van der Waals surface area contributed by atoms with E-state index < -0.39 is 6.29 Å². The Morgan fingerprint density at radius 1 is 0.815 bits per heavy atom. The topological polar surface area (TPSA) is 123 Å². The molecule has 2 heterocycles. The number of aliphatic hydroxyl groups is 1. The van der Waals surface area contributed by atoms with E-state index in [1.54, 1.807) is 16.4 Å². The maximum absolute atomic E-state index is 13.3. The minimum atomic E-state index is -0.587. The molecule has 54 heavy (non-hydrogen) atoms. The molecular formula is C43H46N6O4S. The van der Waals surface area contributed by atoms with Crippen LogP contribution < -0.4 is 10.6 Å². The minimum absolute atomic E-state index is 0.00643. The molecule has 5 aliphatic rings. The number of nitrogens with one attached hydrogen (secondary N) is 2. The second-order valence-corrected chi connectivity index (χ2v) is 16.6. The van der Waals surface area contributed by atoms with Crippen molar-refractivity contribution in [1.82, 2.24) is 30.8 Å². The highest BCUT2D eigenvalue weighted by atomic mass is 32.2. The van der Waals surface area contributed by atoms with Crippen LogP contribution in [0.25, 0.3) is 16.8 Å². The first-order chi connectivity index (χ1) is 26.5. The molecule has 10 nitrogen and oxygen atoms in total. The summed E-state index contributed by atoms with van der Waals surface area (Å²) in [6.45, 7) is 0.447. The van der Waals surface area contributed by atoms with E-state index in [4.69, 9.17) is 9.47 Å². The molecule has 11 heteroatoms. The monoisotopic (exact) mass is 742 g/mol. The quantitative estimate of drug-likeness (QED) is 0.117. The molecule has 5 fully saturated rings. The number of hydrogen-bond donors (Lipinski definition) is 3. The van der Waals surface area contributed by atoms with Crippen LogP contribution >= 0.6 is 11.8 Å². The number of amides is 2. The van der Waals surface area contributed by atoms with Gasteiger partial charge in [0.1, 0.15) is 0 Å². The number of ether oxygens (including phenoxy) is 2. The van der Waals surface area contributed by atoms with Crippen molar-refractivity contribution in [2.75, 3.05) is 5.75 Å². The molecule has 3 N–H and O–H groups in total. The van der Waals surface area contributed by atoms with Gasteiger partial charge >= 0.3 is 6.03 Å². The molecule has 0 radical (unpaired) electrons. The van der Waals surface area contributed by atoms with Crippen LogP contribution in [0.5, 0.6) is 0 Å². The van der Waals surface area contributed by atoms with Gasteiger partial charge in [0.25, 0.3) is 0 Å². The van der Waals surface area contributed by atoms with Gasteiger partial charge in [-0.3, -0.25) is 0 Å². The lowest BCUT2D eigenvalue weighted by atomic mass is 9.53. The van der Waals surface area contributed by atoms with Crippen LogP contribution in [0.15, 0.2) is 108 Å². The summed E-state index contributed by atoms with van der Waals surface area (Å²) < 4.78 is 15.0. The summed E-state index contributed by atoms with van der Waals surface area (Å²) in [5.74, 6) is 2.98. The summed E-state index contributed by atoms with van der Waals surface area (Å²) in [6.07, 6.45) is 7.18. The molecule has 4 saturated carbocycles. The fourth-order valence-electron chi connectivity index (χ4n) is 9.69. The average molecular weight is 743 g/mol. The average Bonchev–Trinajstić information content (AvgIpc) is 3.68. The van der Waals surface area contributed by atoms with Crippen LogP contribution in [0.4, 0.5) is 4.79 Å². The minimum Gasteiger partial charge on any atom is -0.392 e. The molecule has 4 aliphatic carbocycles. The van der Waals surface area contributed by atoms with Crippen LogP contribution in [0.1, 0.15) is 79.6 Å². The second kappa shape index (κ2) is 15.3. The number of urea groups is 1. The Morgan fingerprint density at radius 3 is 2.22 bits per heavy atom. The van der Waals surface area contributed by atoms with Gasteiger partial charge in [0.2, 0.25) is 5.16 Å². The number of benzene rings is 4. The number of hydrogen-bond acceptors (Lipinski definition) is 8. The predicted octanol–water partition coefficient (Wildman–Crippen LogP) is 7.93. The third-order valence-electron chi connectivity index (χ3n) is 11.8. The summed E-state index contributed by atoms with van der Waals surface area (Å²) in [5, 5.41) is 29.4. The van der Waals surface area contributed by atoms with Crippen LogP contribution in [0, 0.1) is 17.8 Å². The van der Waals surface area contributed by atoms with E-state index in [9.17, 15) is 9.90 Å². The smallest absolute Gasteiger partial charge is 0.315 e. The first-order valence-electron chi connectivity index (χ1n) is 19.2. The standard InChI is InChI=1S/C43H46N6O4S/c50-26-28-10-12-33(13-11-28)39-21-37(27-54-42-46-47-48-49(42)36-7-2-1-3-8-36)52-40(53-39)34-16-14-32(15-17-34)38-9-5-4-6-35(38)25-44-41(51)45-43-22-29-18-30(23-43)20-31(19-29)24-43/h1-17,29-31,37,39-40,50H,18-27H2,(H2,44,45,51)/t29?,30?,31?,37-,39+,40+,43?/m0/s1. The zero-order chi connectivity index (χ0) is 36.5. The van der Waals surface area contributed by atoms with Gasteiger partial charge in [-0.25, -0.2) is 4.79 Å². The summed E-state index contributed by atoms with van der Waals surface area (Å²) >= 11 is 1.56. The van der Waals surface area contributed by atoms with Crippen molar-refractivity contribution in [2.24, 2.45) is 17.8 Å². The van der Waals surface area contributed by atoms with Gasteiger partial charge < -0.3 is 25.2 Å². The fraction of sp³-hybridized carbons (Fsp3) is 0.395. The zero-order valence-electron chi connectivity index (χ0n) is 30.2. The maximum atomic E-state index is 13.3. The summed E-state index contributed by atoms with van der Waals surface area (Å²) in [6, 6.07) is 34.3. The summed E-state index contributed by atoms with van der Waals surface area (Å²) in [4.78, 5) is 13.3. The lowest BCUT2D eigenvalue weighted by Gasteiger charge is -2.56. The van der Waals surface area contributed by atoms with Crippen LogP contribution in [0.2, 0.25) is 0 Å². The van der Waals surface area contributed by atoms with Gasteiger partial charge in [0.15, 0.2) is 6.29 Å². The van der Waals surface area contributed by atoms with Crippen molar-refractivity contribution in [3.05, 3.63) is 125 Å². The van der Waals surface area contributed by atoms with Crippen LogP contribution in [0.3, 0.4) is 0 Å². The summed E-state index contributed by atoms with van der Waals surface area (Å²) in [5.41, 5.74) is 6.90. The number of thioether (sulfide) groups is 1. The molecule has 1 aliphatic heterocycles. The Balaban J connectivity index is 0.888. The number of tetrazole rings is 1. The van der Waals surface area contributed by atoms with E-state index in [1.165, 1.54) is 19.3 Å². The van der Waals surface area contributed by atoms with Crippen molar-refractivity contribution >= 4 is 17.8 Å². The first-order valence-corrected chi connectivity index (χ1v) is 20.2. The van der Waals surface area contributed by atoms with Gasteiger partial charge in [-0.15, -0.1) is 5.10 Å². The van der Waals surface area contributed by atoms with E-state index in [1.807, 2.05) is 66.7 Å². The molecule has 2 amide bonds. The van der Waals surface area contributed by atoms with E-state index in [0.717, 1.165) is 76.1 Å². The molecule has 4 aromatic carbocycles. The molecule has 1 aromatic heterocycles. The van der Waals surface area contributed by atoms with Gasteiger partial charge in [-0.05, 0) is 107 Å². The van der Waals surface area contributed by atoms with E-state index >= 15 is 0 Å². The Morgan fingerprint density at radius 2 is 1.50 bits per heavy atom. The Bertz CT molecular complexity index is 2020. The van der Waals surface area contributed by atoms with Crippen LogP contribution in [-0.4, -0.2) is 48.7 Å². The number of aliphatic hydroxyl groups excluding tert-OH is 1. The van der Waals surface area contributed by atoms with E-state index in [0.29, 0.717) is 23.9 Å².